The number of guanidine groups is 1. The molecule has 0 amide bonds. The summed E-state index contributed by atoms with van der Waals surface area (Å²) < 4.78 is 10.2. The lowest BCUT2D eigenvalue weighted by Gasteiger charge is -2.37. The first-order valence-electron chi connectivity index (χ1n) is 8.84. The molecular formula is C16H29N5O4. The van der Waals surface area contributed by atoms with Crippen molar-refractivity contribution in [2.24, 2.45) is 15.7 Å². The zero-order chi connectivity index (χ0) is 18.1. The minimum atomic E-state index is -0.904. The molecule has 0 aromatic carbocycles. The van der Waals surface area contributed by atoms with Crippen LogP contribution >= 0.6 is 0 Å². The summed E-state index contributed by atoms with van der Waals surface area (Å²) in [6, 6.07) is 0. The van der Waals surface area contributed by atoms with Gasteiger partial charge in [0.25, 0.3) is 0 Å². The largest absolute Gasteiger partial charge is 0.618 e. The van der Waals surface area contributed by atoms with E-state index in [2.05, 4.69) is 22.2 Å². The van der Waals surface area contributed by atoms with Crippen molar-refractivity contribution in [3.63, 3.8) is 0 Å². The van der Waals surface area contributed by atoms with Crippen molar-refractivity contribution in [3.05, 3.63) is 16.7 Å². The van der Waals surface area contributed by atoms with Crippen molar-refractivity contribution in [3.8, 4) is 0 Å². The first-order valence-corrected chi connectivity index (χ1v) is 8.84. The highest BCUT2D eigenvalue weighted by molar-refractivity contribution is 5.81. The number of quaternary nitrogens is 1. The SMILES string of the molecule is CCCCCCCOCC(CO)OC[N+]1([O-])C=NC2=C1NC(N)=NC2. The predicted molar refractivity (Wildman–Crippen MR) is 95.2 cm³/mol. The van der Waals surface area contributed by atoms with E-state index in [-0.39, 0.29) is 32.4 Å². The molecule has 2 heterocycles. The number of nitrogens with two attached hydrogens (primary N) is 1. The van der Waals surface area contributed by atoms with Gasteiger partial charge in [-0.3, -0.25) is 5.32 Å². The number of rotatable bonds is 12. The quantitative estimate of drug-likeness (QED) is 0.270. The molecule has 0 radical (unpaired) electrons. The lowest BCUT2D eigenvalue weighted by atomic mass is 10.2. The number of aliphatic hydroxyl groups excluding tert-OH is 1. The smallest absolute Gasteiger partial charge is 0.240 e. The molecule has 2 aliphatic heterocycles. The standard InChI is InChI=1S/C16H29N5O4/c1-2-3-4-5-6-7-24-10-13(9-22)25-12-21(23)11-19-14-8-18-16(17)20-15(14)21/h11,13,22H,2-10,12H2,1H3,(H3,17,18,20). The van der Waals surface area contributed by atoms with E-state index in [0.29, 0.717) is 18.1 Å². The summed E-state index contributed by atoms with van der Waals surface area (Å²) in [6.45, 7) is 2.91. The molecule has 0 saturated carbocycles. The lowest BCUT2D eigenvalue weighted by molar-refractivity contribution is -0.769. The topological polar surface area (TPSA) is 125 Å². The summed E-state index contributed by atoms with van der Waals surface area (Å²) in [6.07, 6.45) is 6.50. The van der Waals surface area contributed by atoms with Crippen LogP contribution in [0.1, 0.15) is 39.0 Å². The van der Waals surface area contributed by atoms with Gasteiger partial charge >= 0.3 is 0 Å². The Morgan fingerprint density at radius 2 is 2.20 bits per heavy atom. The van der Waals surface area contributed by atoms with Crippen LogP contribution in [0, 0.1) is 5.21 Å². The number of aliphatic hydroxyl groups is 1. The highest BCUT2D eigenvalue weighted by Crippen LogP contribution is 2.25. The summed E-state index contributed by atoms with van der Waals surface area (Å²) >= 11 is 0. The number of aliphatic imine (C=N–C) groups is 2. The van der Waals surface area contributed by atoms with E-state index in [0.717, 1.165) is 12.8 Å². The molecule has 2 atom stereocenters. The lowest BCUT2D eigenvalue weighted by Crippen LogP contribution is -2.50. The van der Waals surface area contributed by atoms with Crippen LogP contribution in [0.15, 0.2) is 21.5 Å². The molecule has 0 bridgehead atoms. The molecule has 142 valence electrons. The Labute approximate surface area is 148 Å². The van der Waals surface area contributed by atoms with Gasteiger partial charge in [-0.1, -0.05) is 32.6 Å². The van der Waals surface area contributed by atoms with Gasteiger partial charge in [0.05, 0.1) is 19.8 Å². The second-order valence-corrected chi connectivity index (χ2v) is 6.25. The Kier molecular flexibility index (Phi) is 7.79. The van der Waals surface area contributed by atoms with Gasteiger partial charge in [0, 0.05) is 6.61 Å². The number of unbranched alkanes of at least 4 members (excludes halogenated alkanes) is 4. The zero-order valence-electron chi connectivity index (χ0n) is 14.8. The van der Waals surface area contributed by atoms with Gasteiger partial charge in [0.15, 0.2) is 19.0 Å². The first-order chi connectivity index (χ1) is 12.1. The molecule has 0 aliphatic carbocycles. The third kappa shape index (κ3) is 5.75. The maximum absolute atomic E-state index is 12.8. The molecule has 2 unspecified atom stereocenters. The fraction of sp³-hybridized carbons (Fsp3) is 0.750. The summed E-state index contributed by atoms with van der Waals surface area (Å²) in [7, 11) is 0. The van der Waals surface area contributed by atoms with Gasteiger partial charge in [-0.15, -0.1) is 0 Å². The van der Waals surface area contributed by atoms with Gasteiger partial charge < -0.3 is 25.5 Å². The Morgan fingerprint density at radius 1 is 1.40 bits per heavy atom. The van der Waals surface area contributed by atoms with Gasteiger partial charge in [0.1, 0.15) is 11.8 Å². The number of nitrogens with zero attached hydrogens (tertiary/aromatic N) is 3. The van der Waals surface area contributed by atoms with Crippen LogP contribution < -0.4 is 11.1 Å². The molecule has 9 heteroatoms. The van der Waals surface area contributed by atoms with Crippen molar-refractivity contribution in [1.82, 2.24) is 5.32 Å². The third-order valence-electron chi connectivity index (χ3n) is 4.10. The fourth-order valence-electron chi connectivity index (χ4n) is 2.59. The Balaban J connectivity index is 1.70. The van der Waals surface area contributed by atoms with Crippen molar-refractivity contribution in [2.45, 2.75) is 45.1 Å². The van der Waals surface area contributed by atoms with Crippen LogP contribution in [0.25, 0.3) is 0 Å². The molecule has 0 fully saturated rings. The summed E-state index contributed by atoms with van der Waals surface area (Å²) in [4.78, 5) is 8.06. The maximum Gasteiger partial charge on any atom is 0.240 e. The van der Waals surface area contributed by atoms with Crippen molar-refractivity contribution in [1.29, 1.82) is 0 Å². The minimum absolute atomic E-state index is 0.188. The van der Waals surface area contributed by atoms with E-state index >= 15 is 0 Å². The molecule has 4 N–H and O–H groups in total. The van der Waals surface area contributed by atoms with Gasteiger partial charge in [-0.05, 0) is 6.42 Å². The highest BCUT2D eigenvalue weighted by Gasteiger charge is 2.34. The minimum Gasteiger partial charge on any atom is -0.618 e. The van der Waals surface area contributed by atoms with E-state index in [4.69, 9.17) is 15.2 Å². The van der Waals surface area contributed by atoms with E-state index in [9.17, 15) is 10.3 Å². The molecule has 9 nitrogen and oxygen atoms in total. The Morgan fingerprint density at radius 3 is 2.96 bits per heavy atom. The Bertz CT molecular complexity index is 523. The summed E-state index contributed by atoms with van der Waals surface area (Å²) in [5, 5.41) is 25.0. The van der Waals surface area contributed by atoms with Crippen LogP contribution in [0.5, 0.6) is 0 Å². The van der Waals surface area contributed by atoms with Crippen LogP contribution in [-0.2, 0) is 9.47 Å². The van der Waals surface area contributed by atoms with Gasteiger partial charge in [0.2, 0.25) is 5.82 Å². The molecule has 2 rings (SSSR count). The zero-order valence-corrected chi connectivity index (χ0v) is 14.8. The third-order valence-corrected chi connectivity index (χ3v) is 4.10. The first kappa shape index (κ1) is 19.8. The molecular weight excluding hydrogens is 326 g/mol. The Hall–Kier alpha value is -1.52. The fourth-order valence-corrected chi connectivity index (χ4v) is 2.59. The van der Waals surface area contributed by atoms with Crippen LogP contribution in [0.3, 0.4) is 0 Å². The predicted octanol–water partition coefficient (Wildman–Crippen LogP) is 0.752. The average Bonchev–Trinajstić information content (AvgIpc) is 2.93. The molecule has 0 spiro atoms. The van der Waals surface area contributed by atoms with E-state index < -0.39 is 10.8 Å². The highest BCUT2D eigenvalue weighted by atomic mass is 16.6. The van der Waals surface area contributed by atoms with E-state index in [1.165, 1.54) is 25.6 Å². The van der Waals surface area contributed by atoms with E-state index in [1.807, 2.05) is 0 Å². The molecule has 0 aromatic heterocycles. The number of ether oxygens (including phenoxy) is 2. The summed E-state index contributed by atoms with van der Waals surface area (Å²) in [5.74, 6) is 0.508. The monoisotopic (exact) mass is 355 g/mol. The van der Waals surface area contributed by atoms with E-state index in [1.54, 1.807) is 0 Å². The van der Waals surface area contributed by atoms with Crippen LogP contribution in [-0.4, -0.2) is 61.3 Å². The number of hydrogen-bond donors (Lipinski definition) is 3. The molecule has 2 aliphatic rings. The van der Waals surface area contributed by atoms with Gasteiger partial charge in [-0.2, -0.15) is 4.99 Å². The van der Waals surface area contributed by atoms with Gasteiger partial charge in [-0.25, -0.2) is 9.64 Å². The van der Waals surface area contributed by atoms with Crippen molar-refractivity contribution in [2.75, 3.05) is 33.1 Å². The second kappa shape index (κ2) is 9.83. The van der Waals surface area contributed by atoms with Crippen LogP contribution in [0.2, 0.25) is 0 Å². The van der Waals surface area contributed by atoms with Crippen LogP contribution in [0.4, 0.5) is 0 Å². The molecule has 25 heavy (non-hydrogen) atoms. The number of hydrogen-bond acceptors (Lipinski definition) is 8. The molecule has 0 aromatic rings. The van der Waals surface area contributed by atoms with Crippen molar-refractivity contribution < 1.29 is 19.2 Å². The maximum atomic E-state index is 12.8. The molecule has 0 saturated heterocycles. The summed E-state index contributed by atoms with van der Waals surface area (Å²) in [5.41, 5.74) is 6.17. The number of nitrogens with one attached hydrogen (secondary N) is 1. The normalized spacial score (nSPS) is 23.4. The van der Waals surface area contributed by atoms with Crippen molar-refractivity contribution >= 4 is 12.3 Å². The average molecular weight is 355 g/mol. The second-order valence-electron chi connectivity index (χ2n) is 6.25. The number of hydroxylamine groups is 3.